The third kappa shape index (κ3) is 3.55. The van der Waals surface area contributed by atoms with Gasteiger partial charge in [-0.2, -0.15) is 0 Å². The van der Waals surface area contributed by atoms with Gasteiger partial charge >= 0.3 is 0 Å². The molecule has 2 aromatic rings. The van der Waals surface area contributed by atoms with E-state index in [1.165, 1.54) is 71.3 Å². The van der Waals surface area contributed by atoms with E-state index in [9.17, 15) is 39.6 Å². The average molecular weight is 476 g/mol. The molecule has 2 heterocycles. The highest BCUT2D eigenvalue weighted by atomic mass is 32.2. The van der Waals surface area contributed by atoms with Gasteiger partial charge < -0.3 is 39.6 Å². The van der Waals surface area contributed by atoms with Gasteiger partial charge in [-0.05, 0) is 24.3 Å². The molecular weight excluding hydrogens is 472 g/mol. The molecule has 0 unspecified atom stereocenters. The second-order valence-corrected chi connectivity index (χ2v) is 10.5. The van der Waals surface area contributed by atoms with Crippen molar-refractivity contribution in [2.24, 2.45) is 0 Å². The summed E-state index contributed by atoms with van der Waals surface area (Å²) in [6.07, 6.45) is 0. The minimum absolute atomic E-state index is 0.486. The van der Waals surface area contributed by atoms with Gasteiger partial charge in [-0.3, -0.25) is 0 Å². The molecular formula is C18H4O8S4-4. The molecule has 0 saturated heterocycles. The summed E-state index contributed by atoms with van der Waals surface area (Å²) in [7, 11) is 0. The van der Waals surface area contributed by atoms with Gasteiger partial charge in [-0.25, -0.2) is 0 Å². The Balaban J connectivity index is 1.71. The number of aromatic carboxylic acids is 4. The second-order valence-electron chi connectivity index (χ2n) is 5.82. The van der Waals surface area contributed by atoms with Crippen LogP contribution in [0.3, 0.4) is 0 Å². The Kier molecular flexibility index (Phi) is 5.26. The number of rotatable bonds is 4. The van der Waals surface area contributed by atoms with Crippen LogP contribution in [0.4, 0.5) is 0 Å². The zero-order chi connectivity index (χ0) is 21.7. The normalized spacial score (nSPS) is 14.4. The van der Waals surface area contributed by atoms with Crippen LogP contribution in [0.25, 0.3) is 0 Å². The molecule has 12 heteroatoms. The van der Waals surface area contributed by atoms with Gasteiger partial charge in [0.1, 0.15) is 0 Å². The van der Waals surface area contributed by atoms with Crippen molar-refractivity contribution in [1.29, 1.82) is 0 Å². The fourth-order valence-electron chi connectivity index (χ4n) is 2.72. The Labute approximate surface area is 184 Å². The molecule has 0 bridgehead atoms. The lowest BCUT2D eigenvalue weighted by Crippen LogP contribution is -2.30. The number of fused-ring (bicyclic) bond motifs is 2. The third-order valence-corrected chi connectivity index (χ3v) is 9.59. The minimum Gasteiger partial charge on any atom is -0.545 e. The van der Waals surface area contributed by atoms with E-state index in [1.54, 1.807) is 0 Å². The molecule has 2 aliphatic rings. The average Bonchev–Trinajstić information content (AvgIpc) is 3.28. The maximum atomic E-state index is 11.2. The van der Waals surface area contributed by atoms with Crippen LogP contribution < -0.4 is 20.4 Å². The van der Waals surface area contributed by atoms with E-state index < -0.39 is 46.1 Å². The Hall–Kier alpha value is -2.54. The summed E-state index contributed by atoms with van der Waals surface area (Å²) in [5.41, 5.74) is -1.94. The number of benzene rings is 2. The molecule has 2 aliphatic heterocycles. The number of carbonyl (C=O) groups is 4. The largest absolute Gasteiger partial charge is 0.545 e. The molecule has 2 aromatic carbocycles. The van der Waals surface area contributed by atoms with Gasteiger partial charge in [0.15, 0.2) is 0 Å². The molecule has 0 aliphatic carbocycles. The zero-order valence-corrected chi connectivity index (χ0v) is 17.5. The molecule has 30 heavy (non-hydrogen) atoms. The maximum Gasteiger partial charge on any atom is 0.0722 e. The van der Waals surface area contributed by atoms with Crippen molar-refractivity contribution in [3.05, 3.63) is 55.0 Å². The summed E-state index contributed by atoms with van der Waals surface area (Å²) in [5.74, 6) is -6.54. The van der Waals surface area contributed by atoms with Crippen LogP contribution in [-0.4, -0.2) is 23.9 Å². The quantitative estimate of drug-likeness (QED) is 0.550. The van der Waals surface area contributed by atoms with E-state index in [0.29, 0.717) is 28.1 Å². The molecule has 0 radical (unpaired) electrons. The lowest BCUT2D eigenvalue weighted by Gasteiger charge is -2.12. The highest BCUT2D eigenvalue weighted by Crippen LogP contribution is 2.61. The van der Waals surface area contributed by atoms with Crippen LogP contribution in [0.15, 0.2) is 52.3 Å². The Morgan fingerprint density at radius 1 is 0.467 bits per heavy atom. The molecule has 4 rings (SSSR count). The first-order chi connectivity index (χ1) is 14.2. The van der Waals surface area contributed by atoms with Gasteiger partial charge in [-0.1, -0.05) is 47.0 Å². The van der Waals surface area contributed by atoms with E-state index in [-0.39, 0.29) is 0 Å². The van der Waals surface area contributed by atoms with E-state index in [1.807, 2.05) is 0 Å². The van der Waals surface area contributed by atoms with Gasteiger partial charge in [0, 0.05) is 41.8 Å². The zero-order valence-electron chi connectivity index (χ0n) is 14.2. The smallest absolute Gasteiger partial charge is 0.0722 e. The van der Waals surface area contributed by atoms with E-state index in [2.05, 4.69) is 0 Å². The van der Waals surface area contributed by atoms with Crippen LogP contribution in [0.2, 0.25) is 0 Å². The summed E-state index contributed by atoms with van der Waals surface area (Å²) >= 11 is 4.86. The molecule has 0 amide bonds. The first-order valence-electron chi connectivity index (χ1n) is 7.83. The molecule has 0 fully saturated rings. The SMILES string of the molecule is O=C([O-])c1cc2c(cc1C(=O)[O-])SC(=C1Sc3cc(C(=O)[O-])c(C(=O)[O-])cc3S1)S2. The molecule has 0 N–H and O–H groups in total. The van der Waals surface area contributed by atoms with Gasteiger partial charge in [-0.15, -0.1) is 0 Å². The lowest BCUT2D eigenvalue weighted by atomic mass is 10.1. The Morgan fingerprint density at radius 3 is 0.833 bits per heavy atom. The van der Waals surface area contributed by atoms with Crippen molar-refractivity contribution in [1.82, 2.24) is 0 Å². The first-order valence-corrected chi connectivity index (χ1v) is 11.1. The number of carbonyl (C=O) groups excluding carboxylic acids is 4. The number of carboxylic acid groups (broad SMARTS) is 4. The molecule has 152 valence electrons. The second kappa shape index (κ2) is 7.61. The Morgan fingerprint density at radius 2 is 0.667 bits per heavy atom. The van der Waals surface area contributed by atoms with Crippen LogP contribution >= 0.6 is 47.0 Å². The number of carboxylic acids is 4. The van der Waals surface area contributed by atoms with Crippen LogP contribution in [0.1, 0.15) is 41.4 Å². The van der Waals surface area contributed by atoms with Crippen molar-refractivity contribution in [3.63, 3.8) is 0 Å². The van der Waals surface area contributed by atoms with Crippen LogP contribution in [0, 0.1) is 0 Å². The molecule has 0 saturated carbocycles. The minimum atomic E-state index is -1.63. The molecule has 0 aromatic heterocycles. The van der Waals surface area contributed by atoms with Crippen molar-refractivity contribution >= 4 is 70.9 Å². The maximum absolute atomic E-state index is 11.2. The van der Waals surface area contributed by atoms with Crippen molar-refractivity contribution in [2.75, 3.05) is 0 Å². The molecule has 0 spiro atoms. The summed E-state index contributed by atoms with van der Waals surface area (Å²) in [4.78, 5) is 47.1. The van der Waals surface area contributed by atoms with Crippen molar-refractivity contribution in [3.8, 4) is 0 Å². The van der Waals surface area contributed by atoms with E-state index in [0.717, 1.165) is 0 Å². The fourth-order valence-corrected chi connectivity index (χ4v) is 8.11. The monoisotopic (exact) mass is 476 g/mol. The standard InChI is InChI=1S/C18H8O8S4/c19-13(20)5-1-9-10(2-6(5)14(21)22)28-17(27-9)18-29-11-3-7(15(23)24)8(16(25)26)4-12(11)30-18/h1-4H,(H,19,20)(H,21,22)(H,23,24)(H,25,26)/p-4. The highest BCUT2D eigenvalue weighted by molar-refractivity contribution is 8.30. The first kappa shape index (κ1) is 20.7. The number of thioether (sulfide) groups is 4. The Bertz CT molecular complexity index is 1030. The summed E-state index contributed by atoms with van der Waals surface area (Å²) in [6, 6.07) is 4.84. The van der Waals surface area contributed by atoms with Crippen molar-refractivity contribution in [2.45, 2.75) is 19.6 Å². The summed E-state index contributed by atoms with van der Waals surface area (Å²) in [5, 5.41) is 45.0. The van der Waals surface area contributed by atoms with Crippen LogP contribution in [-0.2, 0) is 0 Å². The molecule has 0 atom stereocenters. The van der Waals surface area contributed by atoms with E-state index >= 15 is 0 Å². The van der Waals surface area contributed by atoms with Gasteiger partial charge in [0.25, 0.3) is 0 Å². The fraction of sp³-hybridized carbons (Fsp3) is 0. The van der Waals surface area contributed by atoms with Gasteiger partial charge in [0.05, 0.1) is 32.4 Å². The van der Waals surface area contributed by atoms with Crippen molar-refractivity contribution < 1.29 is 39.6 Å². The summed E-state index contributed by atoms with van der Waals surface area (Å²) in [6.45, 7) is 0. The van der Waals surface area contributed by atoms with E-state index in [4.69, 9.17) is 0 Å². The predicted octanol–water partition coefficient (Wildman–Crippen LogP) is -0.637. The molecule has 8 nitrogen and oxygen atoms in total. The third-order valence-electron chi connectivity index (χ3n) is 4.02. The number of hydrogen-bond donors (Lipinski definition) is 0. The lowest BCUT2D eigenvalue weighted by molar-refractivity contribution is -0.259. The van der Waals surface area contributed by atoms with Gasteiger partial charge in [0.2, 0.25) is 0 Å². The number of hydrogen-bond acceptors (Lipinski definition) is 12. The highest BCUT2D eigenvalue weighted by Gasteiger charge is 2.29. The summed E-state index contributed by atoms with van der Waals surface area (Å²) < 4.78 is 1.42. The predicted molar refractivity (Wildman–Crippen MR) is 101 cm³/mol. The van der Waals surface area contributed by atoms with Crippen LogP contribution in [0.5, 0.6) is 0 Å². The topological polar surface area (TPSA) is 161 Å².